The van der Waals surface area contributed by atoms with Gasteiger partial charge in [-0.2, -0.15) is 0 Å². The first-order valence-electron chi connectivity index (χ1n) is 10.5. The Kier molecular flexibility index (Phi) is 7.04. The second-order valence-electron chi connectivity index (χ2n) is 7.63. The molecule has 1 aliphatic rings. The Morgan fingerprint density at radius 2 is 1.62 bits per heavy atom. The van der Waals surface area contributed by atoms with E-state index in [0.29, 0.717) is 32.7 Å². The molecule has 2 aromatic rings. The number of carbonyl (C=O) groups excluding carboxylic acids is 2. The first-order chi connectivity index (χ1) is 14.0. The van der Waals surface area contributed by atoms with Crippen LogP contribution >= 0.6 is 0 Å². The predicted molar refractivity (Wildman–Crippen MR) is 117 cm³/mol. The summed E-state index contributed by atoms with van der Waals surface area (Å²) in [4.78, 5) is 29.3. The summed E-state index contributed by atoms with van der Waals surface area (Å²) in [5, 5.41) is 3.09. The van der Waals surface area contributed by atoms with Crippen LogP contribution in [0.3, 0.4) is 0 Å². The third-order valence-corrected chi connectivity index (χ3v) is 5.64. The molecule has 0 bridgehead atoms. The molecule has 0 atom stereocenters. The molecule has 0 aliphatic carbocycles. The average Bonchev–Trinajstić information content (AvgIpc) is 2.75. The van der Waals surface area contributed by atoms with Gasteiger partial charge in [0.25, 0.3) is 5.91 Å². The molecule has 154 valence electrons. The maximum absolute atomic E-state index is 12.7. The Labute approximate surface area is 173 Å². The van der Waals surface area contributed by atoms with Crippen molar-refractivity contribution in [3.8, 4) is 0 Å². The van der Waals surface area contributed by atoms with Gasteiger partial charge in [-0.05, 0) is 48.6 Å². The Bertz CT molecular complexity index is 853. The largest absolute Gasteiger partial charge is 0.336 e. The molecule has 1 fully saturated rings. The van der Waals surface area contributed by atoms with Crippen molar-refractivity contribution in [2.24, 2.45) is 0 Å². The van der Waals surface area contributed by atoms with Crippen molar-refractivity contribution in [3.63, 3.8) is 0 Å². The second-order valence-corrected chi connectivity index (χ2v) is 7.63. The van der Waals surface area contributed by atoms with E-state index in [0.717, 1.165) is 35.2 Å². The van der Waals surface area contributed by atoms with Crippen molar-refractivity contribution < 1.29 is 9.59 Å². The molecule has 29 heavy (non-hydrogen) atoms. The van der Waals surface area contributed by atoms with Crippen LogP contribution < -0.4 is 5.32 Å². The van der Waals surface area contributed by atoms with Gasteiger partial charge in [0.1, 0.15) is 0 Å². The molecule has 0 unspecified atom stereocenters. The van der Waals surface area contributed by atoms with E-state index in [4.69, 9.17) is 0 Å². The molecule has 1 aliphatic heterocycles. The number of para-hydroxylation sites is 1. The number of carbonyl (C=O) groups is 2. The summed E-state index contributed by atoms with van der Waals surface area (Å²) in [6.45, 7) is 9.28. The van der Waals surface area contributed by atoms with Crippen molar-refractivity contribution in [2.75, 3.05) is 38.0 Å². The van der Waals surface area contributed by atoms with Gasteiger partial charge < -0.3 is 10.2 Å². The average molecular weight is 394 g/mol. The summed E-state index contributed by atoms with van der Waals surface area (Å²) in [5.41, 5.74) is 5.15. The van der Waals surface area contributed by atoms with E-state index in [-0.39, 0.29) is 11.8 Å². The van der Waals surface area contributed by atoms with Crippen LogP contribution in [0.4, 0.5) is 5.69 Å². The minimum atomic E-state index is 0.00364. The molecule has 0 spiro atoms. The monoisotopic (exact) mass is 393 g/mol. The number of nitrogens with zero attached hydrogens (tertiary/aromatic N) is 2. The summed E-state index contributed by atoms with van der Waals surface area (Å²) < 4.78 is 0. The fraction of sp³-hybridized carbons (Fsp3) is 0.417. The standard InChI is InChI=1S/C24H31N3O2/c1-4-19-9-11-21(12-10-19)24(29)27-15-13-26(14-16-27)17-22(28)25-23-18(3)7-6-8-20(23)5-2/h6-12H,4-5,13-17H2,1-3H3,(H,25,28). The molecule has 0 saturated carbocycles. The maximum Gasteiger partial charge on any atom is 0.253 e. The summed E-state index contributed by atoms with van der Waals surface area (Å²) in [7, 11) is 0. The van der Waals surface area contributed by atoms with Crippen molar-refractivity contribution in [2.45, 2.75) is 33.6 Å². The highest BCUT2D eigenvalue weighted by atomic mass is 16.2. The van der Waals surface area contributed by atoms with Gasteiger partial charge in [0.2, 0.25) is 5.91 Å². The van der Waals surface area contributed by atoms with Crippen LogP contribution in [-0.2, 0) is 17.6 Å². The van der Waals surface area contributed by atoms with Gasteiger partial charge in [0, 0.05) is 37.4 Å². The Hall–Kier alpha value is -2.66. The lowest BCUT2D eigenvalue weighted by atomic mass is 10.1. The van der Waals surface area contributed by atoms with Gasteiger partial charge in [0.05, 0.1) is 6.54 Å². The smallest absolute Gasteiger partial charge is 0.253 e. The molecule has 1 heterocycles. The third kappa shape index (κ3) is 5.24. The molecule has 1 N–H and O–H groups in total. The number of amides is 2. The summed E-state index contributed by atoms with van der Waals surface area (Å²) in [6.07, 6.45) is 1.86. The molecule has 3 rings (SSSR count). The highest BCUT2D eigenvalue weighted by molar-refractivity contribution is 5.95. The van der Waals surface area contributed by atoms with Crippen molar-refractivity contribution in [1.29, 1.82) is 0 Å². The Morgan fingerprint density at radius 3 is 2.24 bits per heavy atom. The number of hydrogen-bond donors (Lipinski definition) is 1. The Morgan fingerprint density at radius 1 is 0.931 bits per heavy atom. The van der Waals surface area contributed by atoms with Crippen LogP contribution in [0, 0.1) is 6.92 Å². The van der Waals surface area contributed by atoms with Crippen LogP contribution in [0.25, 0.3) is 0 Å². The topological polar surface area (TPSA) is 52.7 Å². The van der Waals surface area contributed by atoms with Gasteiger partial charge in [-0.3, -0.25) is 14.5 Å². The van der Waals surface area contributed by atoms with Gasteiger partial charge in [-0.25, -0.2) is 0 Å². The van der Waals surface area contributed by atoms with Gasteiger partial charge >= 0.3 is 0 Å². The van der Waals surface area contributed by atoms with Crippen molar-refractivity contribution in [1.82, 2.24) is 9.80 Å². The minimum Gasteiger partial charge on any atom is -0.336 e. The van der Waals surface area contributed by atoms with Crippen LogP contribution in [0.15, 0.2) is 42.5 Å². The van der Waals surface area contributed by atoms with E-state index in [2.05, 4.69) is 30.1 Å². The lowest BCUT2D eigenvalue weighted by Crippen LogP contribution is -2.50. The summed E-state index contributed by atoms with van der Waals surface area (Å²) >= 11 is 0. The number of piperazine rings is 1. The van der Waals surface area contributed by atoms with Crippen LogP contribution in [0.1, 0.15) is 40.9 Å². The van der Waals surface area contributed by atoms with E-state index in [9.17, 15) is 9.59 Å². The number of aryl methyl sites for hydroxylation is 3. The Balaban J connectivity index is 1.52. The molecule has 0 radical (unpaired) electrons. The quantitative estimate of drug-likeness (QED) is 0.817. The first kappa shape index (κ1) is 21.1. The predicted octanol–water partition coefficient (Wildman–Crippen LogP) is 3.52. The molecular formula is C24H31N3O2. The maximum atomic E-state index is 12.7. The normalized spacial score (nSPS) is 14.7. The molecular weight excluding hydrogens is 362 g/mol. The lowest BCUT2D eigenvalue weighted by Gasteiger charge is -2.34. The number of benzene rings is 2. The lowest BCUT2D eigenvalue weighted by molar-refractivity contribution is -0.117. The zero-order valence-electron chi connectivity index (χ0n) is 17.7. The molecule has 0 aromatic heterocycles. The highest BCUT2D eigenvalue weighted by Crippen LogP contribution is 2.21. The molecule has 5 heteroatoms. The van der Waals surface area contributed by atoms with Crippen molar-refractivity contribution >= 4 is 17.5 Å². The first-order valence-corrected chi connectivity index (χ1v) is 10.5. The molecule has 2 amide bonds. The zero-order valence-corrected chi connectivity index (χ0v) is 17.7. The van der Waals surface area contributed by atoms with Gasteiger partial charge in [0.15, 0.2) is 0 Å². The number of nitrogens with one attached hydrogen (secondary N) is 1. The van der Waals surface area contributed by atoms with E-state index in [1.165, 1.54) is 5.56 Å². The highest BCUT2D eigenvalue weighted by Gasteiger charge is 2.23. The van der Waals surface area contributed by atoms with E-state index in [1.54, 1.807) is 0 Å². The fourth-order valence-electron chi connectivity index (χ4n) is 3.76. The number of hydrogen-bond acceptors (Lipinski definition) is 3. The molecule has 2 aromatic carbocycles. The summed E-state index contributed by atoms with van der Waals surface area (Å²) in [6, 6.07) is 14.0. The fourth-order valence-corrected chi connectivity index (χ4v) is 3.76. The number of rotatable bonds is 6. The van der Waals surface area contributed by atoms with Crippen LogP contribution in [0.5, 0.6) is 0 Å². The minimum absolute atomic E-state index is 0.00364. The zero-order chi connectivity index (χ0) is 20.8. The van der Waals surface area contributed by atoms with Crippen LogP contribution in [0.2, 0.25) is 0 Å². The van der Waals surface area contributed by atoms with E-state index >= 15 is 0 Å². The molecule has 1 saturated heterocycles. The van der Waals surface area contributed by atoms with Gasteiger partial charge in [-0.15, -0.1) is 0 Å². The number of anilines is 1. The molecule has 5 nitrogen and oxygen atoms in total. The van der Waals surface area contributed by atoms with Gasteiger partial charge in [-0.1, -0.05) is 44.2 Å². The summed E-state index contributed by atoms with van der Waals surface area (Å²) in [5.74, 6) is 0.0770. The van der Waals surface area contributed by atoms with Crippen molar-refractivity contribution in [3.05, 3.63) is 64.7 Å². The third-order valence-electron chi connectivity index (χ3n) is 5.64. The van der Waals surface area contributed by atoms with E-state index in [1.807, 2.05) is 48.2 Å². The van der Waals surface area contributed by atoms with E-state index < -0.39 is 0 Å². The SMILES string of the molecule is CCc1ccc(C(=O)N2CCN(CC(=O)Nc3c(C)cccc3CC)CC2)cc1. The van der Waals surface area contributed by atoms with Crippen LogP contribution in [-0.4, -0.2) is 54.3 Å². The second kappa shape index (κ2) is 9.70.